The quantitative estimate of drug-likeness (QED) is 0.773. The molecule has 28 heavy (non-hydrogen) atoms. The molecule has 0 radical (unpaired) electrons. The minimum atomic E-state index is -0.283. The van der Waals surface area contributed by atoms with Crippen molar-refractivity contribution in [3.63, 3.8) is 0 Å². The smallest absolute Gasteiger partial charge is 0.239 e. The monoisotopic (exact) mass is 390 g/mol. The Hall–Kier alpha value is -1.99. The largest absolute Gasteiger partial charge is 0.353 e. The number of likely N-dealkylation sites (tertiary alicyclic amines) is 1. The lowest BCUT2D eigenvalue weighted by molar-refractivity contribution is -0.126. The summed E-state index contributed by atoms with van der Waals surface area (Å²) in [4.78, 5) is 29.5. The van der Waals surface area contributed by atoms with Gasteiger partial charge in [-0.25, -0.2) is 4.39 Å². The fraction of sp³-hybridized carbons (Fsp3) is 0.619. The Morgan fingerprint density at radius 3 is 2.71 bits per heavy atom. The summed E-state index contributed by atoms with van der Waals surface area (Å²) < 4.78 is 12.9. The van der Waals surface area contributed by atoms with Crippen LogP contribution in [0.5, 0.6) is 0 Å². The van der Waals surface area contributed by atoms with Crippen molar-refractivity contribution in [1.29, 1.82) is 0 Å². The molecule has 2 aliphatic heterocycles. The van der Waals surface area contributed by atoms with Gasteiger partial charge in [-0.15, -0.1) is 0 Å². The number of halogens is 1. The minimum Gasteiger partial charge on any atom is -0.353 e. The van der Waals surface area contributed by atoms with Gasteiger partial charge < -0.3 is 10.6 Å². The predicted octanol–water partition coefficient (Wildman–Crippen LogP) is 1.50. The summed E-state index contributed by atoms with van der Waals surface area (Å²) in [5.41, 5.74) is 0.871. The zero-order valence-electron chi connectivity index (χ0n) is 17.0. The average molecular weight is 391 g/mol. The van der Waals surface area contributed by atoms with Crippen molar-refractivity contribution in [2.24, 2.45) is 0 Å². The van der Waals surface area contributed by atoms with Crippen LogP contribution >= 0.6 is 0 Å². The molecule has 3 rings (SSSR count). The van der Waals surface area contributed by atoms with Gasteiger partial charge in [-0.05, 0) is 51.4 Å². The van der Waals surface area contributed by atoms with Gasteiger partial charge >= 0.3 is 0 Å². The number of likely N-dealkylation sites (N-methyl/N-ethyl adjacent to an activating group) is 1. The standard InChI is InChI=1S/C21H31FN4O2/c1-14(2)26-11-10-18-20(26)21(28)24-13-17(25(18)3)8-9-19(27)23-12-15-4-6-16(22)7-5-15/h4-7,14,17-18,20H,8-13H2,1-3H3,(H,23,27)(H,24,28)/t17-,18+,20-/m0/s1. The number of carbonyl (C=O) groups excluding carboxylic acids is 2. The molecule has 1 aromatic carbocycles. The lowest BCUT2D eigenvalue weighted by Crippen LogP contribution is -2.51. The van der Waals surface area contributed by atoms with Gasteiger partial charge in [0, 0.05) is 44.2 Å². The van der Waals surface area contributed by atoms with Crippen molar-refractivity contribution in [3.05, 3.63) is 35.6 Å². The number of benzene rings is 1. The third-order valence-corrected chi connectivity index (χ3v) is 6.06. The summed E-state index contributed by atoms with van der Waals surface area (Å²) in [6.45, 7) is 6.15. The van der Waals surface area contributed by atoms with Gasteiger partial charge in [-0.1, -0.05) is 12.1 Å². The Kier molecular flexibility index (Phi) is 6.67. The van der Waals surface area contributed by atoms with Crippen LogP contribution in [0.2, 0.25) is 0 Å². The molecule has 3 atom stereocenters. The number of carbonyl (C=O) groups is 2. The van der Waals surface area contributed by atoms with Gasteiger partial charge in [0.05, 0.1) is 0 Å². The van der Waals surface area contributed by atoms with E-state index < -0.39 is 0 Å². The zero-order valence-corrected chi connectivity index (χ0v) is 17.0. The molecule has 6 nitrogen and oxygen atoms in total. The number of amides is 2. The Bertz CT molecular complexity index is 694. The molecular formula is C21H31FN4O2. The van der Waals surface area contributed by atoms with Crippen LogP contribution in [0.1, 0.15) is 38.7 Å². The second-order valence-electron chi connectivity index (χ2n) is 8.14. The number of rotatable bonds is 6. The molecule has 0 aliphatic carbocycles. The van der Waals surface area contributed by atoms with Crippen molar-refractivity contribution in [1.82, 2.24) is 20.4 Å². The maximum Gasteiger partial charge on any atom is 0.239 e. The van der Waals surface area contributed by atoms with E-state index >= 15 is 0 Å². The molecule has 0 aromatic heterocycles. The van der Waals surface area contributed by atoms with Crippen LogP contribution in [0.4, 0.5) is 4.39 Å². The molecule has 7 heteroatoms. The number of fused-ring (bicyclic) bond motifs is 1. The fourth-order valence-electron chi connectivity index (χ4n) is 4.36. The summed E-state index contributed by atoms with van der Waals surface area (Å²) in [7, 11) is 2.07. The van der Waals surface area contributed by atoms with E-state index in [0.717, 1.165) is 18.5 Å². The van der Waals surface area contributed by atoms with Crippen LogP contribution in [-0.4, -0.2) is 65.9 Å². The van der Waals surface area contributed by atoms with Gasteiger partial charge in [0.25, 0.3) is 0 Å². The lowest BCUT2D eigenvalue weighted by atomic mass is 10.0. The second kappa shape index (κ2) is 9.01. The van der Waals surface area contributed by atoms with Crippen molar-refractivity contribution >= 4 is 11.8 Å². The van der Waals surface area contributed by atoms with E-state index in [2.05, 4.69) is 41.3 Å². The summed E-state index contributed by atoms with van der Waals surface area (Å²) in [5.74, 6) is -0.207. The van der Waals surface area contributed by atoms with E-state index in [0.29, 0.717) is 32.0 Å². The van der Waals surface area contributed by atoms with Gasteiger partial charge in [-0.2, -0.15) is 0 Å². The predicted molar refractivity (Wildman–Crippen MR) is 106 cm³/mol. The molecule has 0 bridgehead atoms. The highest BCUT2D eigenvalue weighted by Crippen LogP contribution is 2.28. The van der Waals surface area contributed by atoms with Crippen molar-refractivity contribution in [2.75, 3.05) is 20.1 Å². The maximum atomic E-state index is 12.9. The Balaban J connectivity index is 1.52. The molecule has 0 unspecified atom stereocenters. The van der Waals surface area contributed by atoms with E-state index in [1.54, 1.807) is 12.1 Å². The van der Waals surface area contributed by atoms with Crippen LogP contribution in [0.15, 0.2) is 24.3 Å². The summed E-state index contributed by atoms with van der Waals surface area (Å²) >= 11 is 0. The first-order valence-electron chi connectivity index (χ1n) is 10.1. The molecule has 1 aromatic rings. The van der Waals surface area contributed by atoms with E-state index in [4.69, 9.17) is 0 Å². The molecule has 2 amide bonds. The first-order chi connectivity index (χ1) is 13.4. The molecule has 2 heterocycles. The normalized spacial score (nSPS) is 26.0. The summed E-state index contributed by atoms with van der Waals surface area (Å²) in [6, 6.07) is 6.69. The maximum absolute atomic E-state index is 12.9. The van der Waals surface area contributed by atoms with Crippen LogP contribution in [-0.2, 0) is 16.1 Å². The molecule has 2 saturated heterocycles. The van der Waals surface area contributed by atoms with E-state index in [1.165, 1.54) is 12.1 Å². The Labute approximate surface area is 166 Å². The van der Waals surface area contributed by atoms with E-state index in [-0.39, 0.29) is 35.8 Å². The van der Waals surface area contributed by atoms with Gasteiger partial charge in [0.2, 0.25) is 11.8 Å². The second-order valence-corrected chi connectivity index (χ2v) is 8.14. The van der Waals surface area contributed by atoms with Crippen LogP contribution in [0.25, 0.3) is 0 Å². The first-order valence-corrected chi connectivity index (χ1v) is 10.1. The highest BCUT2D eigenvalue weighted by atomic mass is 19.1. The van der Waals surface area contributed by atoms with Crippen molar-refractivity contribution < 1.29 is 14.0 Å². The Morgan fingerprint density at radius 1 is 1.32 bits per heavy atom. The van der Waals surface area contributed by atoms with Crippen LogP contribution < -0.4 is 10.6 Å². The average Bonchev–Trinajstić information content (AvgIpc) is 3.08. The topological polar surface area (TPSA) is 64.7 Å². The number of nitrogens with zero attached hydrogens (tertiary/aromatic N) is 2. The lowest BCUT2D eigenvalue weighted by Gasteiger charge is -2.34. The Morgan fingerprint density at radius 2 is 2.04 bits per heavy atom. The third kappa shape index (κ3) is 4.70. The summed E-state index contributed by atoms with van der Waals surface area (Å²) in [5, 5.41) is 5.97. The first kappa shape index (κ1) is 20.7. The molecule has 0 spiro atoms. The SMILES string of the molecule is CC(C)N1CC[C@@H]2[C@H]1C(=O)NC[C@H](CCC(=O)NCc1ccc(F)cc1)N2C. The molecule has 0 saturated carbocycles. The van der Waals surface area contributed by atoms with Crippen LogP contribution in [0, 0.1) is 5.82 Å². The van der Waals surface area contributed by atoms with Crippen molar-refractivity contribution in [3.8, 4) is 0 Å². The molecular weight excluding hydrogens is 359 g/mol. The fourth-order valence-corrected chi connectivity index (χ4v) is 4.36. The molecule has 2 N–H and O–H groups in total. The number of hydrogen-bond donors (Lipinski definition) is 2. The third-order valence-electron chi connectivity index (χ3n) is 6.06. The van der Waals surface area contributed by atoms with Gasteiger partial charge in [-0.3, -0.25) is 19.4 Å². The minimum absolute atomic E-state index is 0.0277. The van der Waals surface area contributed by atoms with E-state index in [9.17, 15) is 14.0 Å². The number of nitrogens with one attached hydrogen (secondary N) is 2. The highest BCUT2D eigenvalue weighted by molar-refractivity contribution is 5.83. The highest BCUT2D eigenvalue weighted by Gasteiger charge is 2.45. The summed E-state index contributed by atoms with van der Waals surface area (Å²) in [6.07, 6.45) is 2.06. The molecule has 2 fully saturated rings. The van der Waals surface area contributed by atoms with Gasteiger partial charge in [0.1, 0.15) is 11.9 Å². The molecule has 2 aliphatic rings. The zero-order chi connectivity index (χ0) is 20.3. The van der Waals surface area contributed by atoms with E-state index in [1.807, 2.05) is 0 Å². The van der Waals surface area contributed by atoms with Gasteiger partial charge in [0.15, 0.2) is 0 Å². The number of hydrogen-bond acceptors (Lipinski definition) is 4. The van der Waals surface area contributed by atoms with Crippen molar-refractivity contribution in [2.45, 2.75) is 63.8 Å². The van der Waals surface area contributed by atoms with Crippen LogP contribution in [0.3, 0.4) is 0 Å². The molecule has 154 valence electrons.